The number of nitrogens with zero attached hydrogens (tertiary/aromatic N) is 2. The molecule has 6 nitrogen and oxygen atoms in total. The van der Waals surface area contributed by atoms with E-state index in [9.17, 15) is 13.5 Å². The highest BCUT2D eigenvalue weighted by Gasteiger charge is 2.34. The summed E-state index contributed by atoms with van der Waals surface area (Å²) in [7, 11) is -3.69. The molecule has 1 saturated heterocycles. The van der Waals surface area contributed by atoms with Crippen molar-refractivity contribution in [3.8, 4) is 0 Å². The van der Waals surface area contributed by atoms with Crippen LogP contribution in [0, 0.1) is 12.8 Å². The molecule has 0 spiro atoms. The van der Waals surface area contributed by atoms with Gasteiger partial charge in [0.15, 0.2) is 0 Å². The van der Waals surface area contributed by atoms with Gasteiger partial charge in [-0.1, -0.05) is 48.5 Å². The molecule has 0 saturated carbocycles. The predicted octanol–water partition coefficient (Wildman–Crippen LogP) is 4.69. The number of aliphatic hydroxyl groups is 1. The fourth-order valence-electron chi connectivity index (χ4n) is 5.07. The van der Waals surface area contributed by atoms with Gasteiger partial charge in [0.1, 0.15) is 4.90 Å². The minimum absolute atomic E-state index is 0.250. The summed E-state index contributed by atoms with van der Waals surface area (Å²) in [6.45, 7) is 4.76. The molecule has 0 aliphatic carbocycles. The van der Waals surface area contributed by atoms with Crippen molar-refractivity contribution in [2.45, 2.75) is 30.8 Å². The first kappa shape index (κ1) is 22.9. The second-order valence-corrected chi connectivity index (χ2v) is 11.1. The molecule has 0 bridgehead atoms. The summed E-state index contributed by atoms with van der Waals surface area (Å²) in [5.41, 5.74) is 4.18. The number of sulfonamides is 1. The highest BCUT2D eigenvalue weighted by Crippen LogP contribution is 2.40. The van der Waals surface area contributed by atoms with Crippen LogP contribution in [0.1, 0.15) is 30.1 Å². The fraction of sp³-hybridized carbons (Fsp3) is 0.333. The molecule has 1 fully saturated rings. The largest absolute Gasteiger partial charge is 0.387 e. The summed E-state index contributed by atoms with van der Waals surface area (Å²) in [5.74, 6) is 0.250. The lowest BCUT2D eigenvalue weighted by Gasteiger charge is -2.36. The highest BCUT2D eigenvalue weighted by molar-refractivity contribution is 7.93. The maximum atomic E-state index is 13.7. The Hall–Kier alpha value is -2.87. The molecule has 2 aliphatic rings. The third kappa shape index (κ3) is 4.43. The minimum atomic E-state index is -3.69. The average molecular weight is 478 g/mol. The molecular formula is C27H31N3O3S. The lowest BCUT2D eigenvalue weighted by molar-refractivity contribution is 0.0901. The maximum absolute atomic E-state index is 13.7. The Morgan fingerprint density at radius 2 is 1.59 bits per heavy atom. The Bertz CT molecular complexity index is 1270. The van der Waals surface area contributed by atoms with Gasteiger partial charge in [-0.3, -0.25) is 4.31 Å². The van der Waals surface area contributed by atoms with Crippen LogP contribution in [0.4, 0.5) is 17.1 Å². The summed E-state index contributed by atoms with van der Waals surface area (Å²) in [6, 6.07) is 22.7. The van der Waals surface area contributed by atoms with Crippen LogP contribution in [0.3, 0.4) is 0 Å². The van der Waals surface area contributed by atoms with Crippen LogP contribution in [0.15, 0.2) is 77.7 Å². The molecule has 2 N–H and O–H groups in total. The van der Waals surface area contributed by atoms with Crippen molar-refractivity contribution in [3.05, 3.63) is 83.9 Å². The second-order valence-electron chi connectivity index (χ2n) is 9.29. The van der Waals surface area contributed by atoms with Crippen molar-refractivity contribution < 1.29 is 13.5 Å². The first-order chi connectivity index (χ1) is 16.4. The maximum Gasteiger partial charge on any atom is 0.266 e. The minimum Gasteiger partial charge on any atom is -0.387 e. The van der Waals surface area contributed by atoms with Gasteiger partial charge in [0.25, 0.3) is 10.0 Å². The number of piperidine rings is 1. The normalized spacial score (nSPS) is 18.9. The van der Waals surface area contributed by atoms with Crippen molar-refractivity contribution in [1.82, 2.24) is 4.90 Å². The third-order valence-corrected chi connectivity index (χ3v) is 8.84. The van der Waals surface area contributed by atoms with E-state index >= 15 is 0 Å². The summed E-state index contributed by atoms with van der Waals surface area (Å²) in [4.78, 5) is 2.60. The Morgan fingerprint density at radius 3 is 2.35 bits per heavy atom. The number of para-hydroxylation sites is 3. The zero-order valence-electron chi connectivity index (χ0n) is 19.4. The van der Waals surface area contributed by atoms with Gasteiger partial charge in [-0.25, -0.2) is 8.42 Å². The van der Waals surface area contributed by atoms with E-state index in [0.717, 1.165) is 42.7 Å². The molecule has 0 aromatic heterocycles. The second kappa shape index (κ2) is 9.41. The molecule has 178 valence electrons. The number of anilines is 3. The number of aliphatic hydroxyl groups excluding tert-OH is 1. The van der Waals surface area contributed by atoms with Crippen LogP contribution in [-0.2, 0) is 10.0 Å². The molecule has 0 amide bonds. The Balaban J connectivity index is 1.31. The number of benzene rings is 3. The van der Waals surface area contributed by atoms with E-state index in [0.29, 0.717) is 29.4 Å². The number of aryl methyl sites for hydroxylation is 1. The number of likely N-dealkylation sites (tertiary alicyclic amines) is 1. The molecule has 7 heteroatoms. The monoisotopic (exact) mass is 477 g/mol. The smallest absolute Gasteiger partial charge is 0.266 e. The number of rotatable bonds is 5. The lowest BCUT2D eigenvalue weighted by Crippen LogP contribution is -2.42. The Labute approximate surface area is 201 Å². The molecular weight excluding hydrogens is 446 g/mol. The average Bonchev–Trinajstić information content (AvgIpc) is 2.93. The first-order valence-corrected chi connectivity index (χ1v) is 13.3. The summed E-state index contributed by atoms with van der Waals surface area (Å²) in [5, 5.41) is 14.1. The van der Waals surface area contributed by atoms with Crippen LogP contribution in [-0.4, -0.2) is 44.6 Å². The van der Waals surface area contributed by atoms with E-state index in [4.69, 9.17) is 0 Å². The van der Waals surface area contributed by atoms with Gasteiger partial charge in [-0.15, -0.1) is 0 Å². The molecule has 5 rings (SSSR count). The number of hydrogen-bond acceptors (Lipinski definition) is 5. The van der Waals surface area contributed by atoms with E-state index in [-0.39, 0.29) is 5.92 Å². The molecule has 3 aromatic carbocycles. The Kier molecular flexibility index (Phi) is 6.34. The highest BCUT2D eigenvalue weighted by atomic mass is 32.2. The SMILES string of the molecule is Cc1ccccc1[C@@H](O)CN1CCC(CN2c3ccccc3Nc3ccccc3S2(=O)=O)CC1. The number of hydrogen-bond donors (Lipinski definition) is 2. The van der Waals surface area contributed by atoms with Gasteiger partial charge in [0.2, 0.25) is 0 Å². The molecule has 0 unspecified atom stereocenters. The van der Waals surface area contributed by atoms with Gasteiger partial charge < -0.3 is 15.3 Å². The van der Waals surface area contributed by atoms with Gasteiger partial charge in [0, 0.05) is 13.1 Å². The molecule has 34 heavy (non-hydrogen) atoms. The summed E-state index contributed by atoms with van der Waals surface area (Å²) in [6.07, 6.45) is 1.27. The zero-order valence-corrected chi connectivity index (χ0v) is 20.2. The van der Waals surface area contributed by atoms with Crippen LogP contribution in [0.25, 0.3) is 0 Å². The van der Waals surface area contributed by atoms with Crippen molar-refractivity contribution in [3.63, 3.8) is 0 Å². The fourth-order valence-corrected chi connectivity index (χ4v) is 6.78. The molecule has 2 aliphatic heterocycles. The summed E-state index contributed by atoms with van der Waals surface area (Å²) < 4.78 is 29.0. The zero-order chi connectivity index (χ0) is 23.7. The number of nitrogens with one attached hydrogen (secondary N) is 1. The van der Waals surface area contributed by atoms with E-state index in [1.165, 1.54) is 0 Å². The van der Waals surface area contributed by atoms with E-state index < -0.39 is 16.1 Å². The Morgan fingerprint density at radius 1 is 0.941 bits per heavy atom. The van der Waals surface area contributed by atoms with E-state index in [2.05, 4.69) is 10.2 Å². The molecule has 1 atom stereocenters. The van der Waals surface area contributed by atoms with Gasteiger partial charge in [-0.05, 0) is 74.2 Å². The van der Waals surface area contributed by atoms with Crippen LogP contribution >= 0.6 is 0 Å². The standard InChI is InChI=1S/C27H31N3O3S/c1-20-8-2-3-9-22(20)26(31)19-29-16-14-21(15-17-29)18-30-25-12-6-4-10-23(25)28-24-11-5-7-13-27(24)34(30,32)33/h2-13,21,26,28,31H,14-19H2,1H3/t26-/m0/s1. The van der Waals surface area contributed by atoms with Crippen LogP contribution in [0.5, 0.6) is 0 Å². The van der Waals surface area contributed by atoms with Gasteiger partial charge in [-0.2, -0.15) is 0 Å². The van der Waals surface area contributed by atoms with Gasteiger partial charge >= 0.3 is 0 Å². The van der Waals surface area contributed by atoms with E-state index in [1.54, 1.807) is 16.4 Å². The topological polar surface area (TPSA) is 72.9 Å². The molecule has 3 aromatic rings. The lowest BCUT2D eigenvalue weighted by atomic mass is 9.95. The van der Waals surface area contributed by atoms with Crippen molar-refractivity contribution in [1.29, 1.82) is 0 Å². The number of fused-ring (bicyclic) bond motifs is 2. The molecule has 2 heterocycles. The van der Waals surface area contributed by atoms with Crippen LogP contribution in [0.2, 0.25) is 0 Å². The van der Waals surface area contributed by atoms with Crippen molar-refractivity contribution in [2.75, 3.05) is 35.8 Å². The predicted molar refractivity (Wildman–Crippen MR) is 136 cm³/mol. The summed E-state index contributed by atoms with van der Waals surface area (Å²) >= 11 is 0. The first-order valence-electron chi connectivity index (χ1n) is 11.9. The van der Waals surface area contributed by atoms with Crippen LogP contribution < -0.4 is 9.62 Å². The number of β-amino-alcohol motifs (C(OH)–C–C–N with tert-alkyl or cyclic N) is 1. The van der Waals surface area contributed by atoms with E-state index in [1.807, 2.05) is 67.6 Å². The molecule has 0 radical (unpaired) electrons. The quantitative estimate of drug-likeness (QED) is 0.558. The third-order valence-electron chi connectivity index (χ3n) is 7.01. The van der Waals surface area contributed by atoms with Gasteiger partial charge in [0.05, 0.1) is 23.2 Å². The van der Waals surface area contributed by atoms with Crippen molar-refractivity contribution >= 4 is 27.1 Å². The van der Waals surface area contributed by atoms with Crippen molar-refractivity contribution in [2.24, 2.45) is 5.92 Å².